The Morgan fingerprint density at radius 1 is 0.935 bits per heavy atom. The number of rotatable bonds is 10. The Labute approximate surface area is 190 Å². The molecule has 4 heteroatoms. The van der Waals surface area contributed by atoms with Gasteiger partial charge in [-0.2, -0.15) is 4.98 Å². The Morgan fingerprint density at radius 2 is 1.61 bits per heavy atom. The van der Waals surface area contributed by atoms with E-state index >= 15 is 0 Å². The molecule has 31 heavy (non-hydrogen) atoms. The smallest absolute Gasteiger partial charge is 0.227 e. The first-order valence-electron chi connectivity index (χ1n) is 12.3. The van der Waals surface area contributed by atoms with Crippen molar-refractivity contribution < 1.29 is 0 Å². The average molecular weight is 423 g/mol. The lowest BCUT2D eigenvalue weighted by Gasteiger charge is -2.43. The molecule has 0 amide bonds. The van der Waals surface area contributed by atoms with Gasteiger partial charge in [-0.3, -0.25) is 0 Å². The van der Waals surface area contributed by atoms with Crippen LogP contribution in [0, 0.1) is 19.3 Å². The largest absolute Gasteiger partial charge is 0.356 e. The van der Waals surface area contributed by atoms with E-state index in [4.69, 9.17) is 4.98 Å². The molecule has 1 aliphatic rings. The summed E-state index contributed by atoms with van der Waals surface area (Å²) in [6.07, 6.45) is 11.8. The molecule has 2 heterocycles. The Bertz CT molecular complexity index is 807. The first-order chi connectivity index (χ1) is 14.9. The highest BCUT2D eigenvalue weighted by molar-refractivity contribution is 5.52. The number of benzene rings is 1. The van der Waals surface area contributed by atoms with Crippen molar-refractivity contribution in [3.8, 4) is 0 Å². The van der Waals surface area contributed by atoms with Crippen LogP contribution in [0.4, 0.5) is 11.8 Å². The van der Waals surface area contributed by atoms with E-state index in [9.17, 15) is 0 Å². The molecule has 1 saturated heterocycles. The maximum atomic E-state index is 4.92. The number of anilines is 2. The molecule has 1 aromatic carbocycles. The standard InChI is InChI=1S/C27H42N4/c1-6-7-11-16-27(17-12-15-24-13-9-8-10-14-24)18-20-31(21-19-27)25-22(2)23(3)28-26(29-25)30(4)5/h8-10,13-14H,6-7,11-12,15-21H2,1-5H3. The molecule has 0 unspecified atom stereocenters. The third-order valence-electron chi connectivity index (χ3n) is 7.20. The van der Waals surface area contributed by atoms with Crippen LogP contribution in [-0.4, -0.2) is 37.2 Å². The van der Waals surface area contributed by atoms with Crippen molar-refractivity contribution in [3.05, 3.63) is 47.2 Å². The van der Waals surface area contributed by atoms with E-state index in [1.807, 2.05) is 19.0 Å². The van der Waals surface area contributed by atoms with Gasteiger partial charge in [0.2, 0.25) is 5.95 Å². The summed E-state index contributed by atoms with van der Waals surface area (Å²) in [7, 11) is 4.05. The minimum atomic E-state index is 0.501. The lowest BCUT2D eigenvalue weighted by molar-refractivity contribution is 0.171. The summed E-state index contributed by atoms with van der Waals surface area (Å²) in [5, 5.41) is 0. The number of nitrogens with zero attached hydrogens (tertiary/aromatic N) is 4. The van der Waals surface area contributed by atoms with Crippen LogP contribution in [0.3, 0.4) is 0 Å². The van der Waals surface area contributed by atoms with E-state index < -0.39 is 0 Å². The Morgan fingerprint density at radius 3 is 2.26 bits per heavy atom. The van der Waals surface area contributed by atoms with Gasteiger partial charge >= 0.3 is 0 Å². The quantitative estimate of drug-likeness (QED) is 0.418. The molecule has 1 aliphatic heterocycles. The Hall–Kier alpha value is -2.10. The second kappa shape index (κ2) is 11.0. The summed E-state index contributed by atoms with van der Waals surface area (Å²) >= 11 is 0. The summed E-state index contributed by atoms with van der Waals surface area (Å²) in [6, 6.07) is 11.0. The molecule has 0 saturated carbocycles. The predicted molar refractivity (Wildman–Crippen MR) is 133 cm³/mol. The highest BCUT2D eigenvalue weighted by Crippen LogP contribution is 2.42. The topological polar surface area (TPSA) is 32.3 Å². The van der Waals surface area contributed by atoms with Gasteiger partial charge in [-0.25, -0.2) is 4.98 Å². The minimum absolute atomic E-state index is 0.501. The van der Waals surface area contributed by atoms with Crippen molar-refractivity contribution in [2.45, 2.75) is 78.6 Å². The van der Waals surface area contributed by atoms with Crippen LogP contribution < -0.4 is 9.80 Å². The Kier molecular flexibility index (Phi) is 8.34. The van der Waals surface area contributed by atoms with Gasteiger partial charge in [0.25, 0.3) is 0 Å². The second-order valence-electron chi connectivity index (χ2n) is 9.74. The lowest BCUT2D eigenvalue weighted by atomic mass is 9.71. The van der Waals surface area contributed by atoms with E-state index in [0.29, 0.717) is 5.41 Å². The van der Waals surface area contributed by atoms with Crippen LogP contribution in [0.1, 0.15) is 75.1 Å². The molecule has 3 rings (SSSR count). The molecule has 1 aromatic heterocycles. The van der Waals surface area contributed by atoms with E-state index in [1.165, 1.54) is 68.9 Å². The maximum Gasteiger partial charge on any atom is 0.227 e. The van der Waals surface area contributed by atoms with Crippen molar-refractivity contribution in [1.29, 1.82) is 0 Å². The van der Waals surface area contributed by atoms with Crippen LogP contribution in [0.5, 0.6) is 0 Å². The fourth-order valence-corrected chi connectivity index (χ4v) is 4.99. The summed E-state index contributed by atoms with van der Waals surface area (Å²) < 4.78 is 0. The van der Waals surface area contributed by atoms with Crippen molar-refractivity contribution in [3.63, 3.8) is 0 Å². The van der Waals surface area contributed by atoms with E-state index in [0.717, 1.165) is 30.5 Å². The number of hydrogen-bond donors (Lipinski definition) is 0. The average Bonchev–Trinajstić information content (AvgIpc) is 2.77. The van der Waals surface area contributed by atoms with Gasteiger partial charge in [-0.05, 0) is 63.4 Å². The fraction of sp³-hybridized carbons (Fsp3) is 0.630. The number of piperidine rings is 1. The van der Waals surface area contributed by atoms with Gasteiger partial charge in [0.05, 0.1) is 0 Å². The summed E-state index contributed by atoms with van der Waals surface area (Å²) in [5.41, 5.74) is 4.30. The first-order valence-corrected chi connectivity index (χ1v) is 12.3. The predicted octanol–water partition coefficient (Wildman–Crippen LogP) is 6.35. The van der Waals surface area contributed by atoms with Gasteiger partial charge < -0.3 is 9.80 Å². The number of aromatic nitrogens is 2. The van der Waals surface area contributed by atoms with Crippen molar-refractivity contribution >= 4 is 11.8 Å². The van der Waals surface area contributed by atoms with Crippen molar-refractivity contribution in [1.82, 2.24) is 9.97 Å². The van der Waals surface area contributed by atoms with E-state index in [1.54, 1.807) is 0 Å². The van der Waals surface area contributed by atoms with Gasteiger partial charge in [-0.1, -0.05) is 56.5 Å². The SMILES string of the molecule is CCCCCC1(CCCc2ccccc2)CCN(c2nc(N(C)C)nc(C)c2C)CC1. The minimum Gasteiger partial charge on any atom is -0.356 e. The van der Waals surface area contributed by atoms with E-state index in [2.05, 4.69) is 61.0 Å². The second-order valence-corrected chi connectivity index (χ2v) is 9.74. The number of unbranched alkanes of at least 4 members (excludes halogenated alkanes) is 2. The molecule has 0 atom stereocenters. The molecular formula is C27H42N4. The highest BCUT2D eigenvalue weighted by Gasteiger charge is 2.34. The zero-order valence-electron chi connectivity index (χ0n) is 20.5. The van der Waals surface area contributed by atoms with Crippen LogP contribution in [-0.2, 0) is 6.42 Å². The molecule has 4 nitrogen and oxygen atoms in total. The zero-order valence-corrected chi connectivity index (χ0v) is 20.5. The Balaban J connectivity index is 1.67. The summed E-state index contributed by atoms with van der Waals surface area (Å²) in [6.45, 7) is 8.82. The molecule has 0 N–H and O–H groups in total. The van der Waals surface area contributed by atoms with Gasteiger partial charge in [-0.15, -0.1) is 0 Å². The van der Waals surface area contributed by atoms with Crippen molar-refractivity contribution in [2.75, 3.05) is 37.0 Å². The normalized spacial score (nSPS) is 15.8. The summed E-state index contributed by atoms with van der Waals surface area (Å²) in [5.74, 6) is 1.96. The molecule has 0 spiro atoms. The first kappa shape index (κ1) is 23.6. The molecule has 0 radical (unpaired) electrons. The maximum absolute atomic E-state index is 4.92. The zero-order chi connectivity index (χ0) is 22.3. The van der Waals surface area contributed by atoms with Crippen LogP contribution >= 0.6 is 0 Å². The molecule has 170 valence electrons. The molecule has 0 aliphatic carbocycles. The van der Waals surface area contributed by atoms with Crippen LogP contribution in [0.25, 0.3) is 0 Å². The highest BCUT2D eigenvalue weighted by atomic mass is 15.3. The third kappa shape index (κ3) is 6.21. The third-order valence-corrected chi connectivity index (χ3v) is 7.20. The molecule has 2 aromatic rings. The lowest BCUT2D eigenvalue weighted by Crippen LogP contribution is -2.41. The van der Waals surface area contributed by atoms with Gasteiger partial charge in [0.15, 0.2) is 0 Å². The summed E-state index contributed by atoms with van der Waals surface area (Å²) in [4.78, 5) is 14.1. The molecule has 0 bridgehead atoms. The molecule has 1 fully saturated rings. The van der Waals surface area contributed by atoms with Crippen molar-refractivity contribution in [2.24, 2.45) is 5.41 Å². The van der Waals surface area contributed by atoms with Crippen LogP contribution in [0.2, 0.25) is 0 Å². The monoisotopic (exact) mass is 422 g/mol. The molecular weight excluding hydrogens is 380 g/mol. The van der Waals surface area contributed by atoms with Gasteiger partial charge in [0.1, 0.15) is 5.82 Å². The van der Waals surface area contributed by atoms with E-state index in [-0.39, 0.29) is 0 Å². The number of aryl methyl sites for hydroxylation is 2. The van der Waals surface area contributed by atoms with Crippen LogP contribution in [0.15, 0.2) is 30.3 Å². The number of hydrogen-bond acceptors (Lipinski definition) is 4. The fourth-order valence-electron chi connectivity index (χ4n) is 4.99. The van der Waals surface area contributed by atoms with Gasteiger partial charge in [0, 0.05) is 38.4 Å².